The zero-order valence-electron chi connectivity index (χ0n) is 12.0. The Morgan fingerprint density at radius 2 is 2.00 bits per heavy atom. The van der Waals surface area contributed by atoms with Gasteiger partial charge in [-0.3, -0.25) is 4.90 Å². The molecule has 0 radical (unpaired) electrons. The monoisotopic (exact) mass is 282 g/mol. The number of hydrogen-bond donors (Lipinski definition) is 1. The van der Waals surface area contributed by atoms with Gasteiger partial charge in [0.15, 0.2) is 0 Å². The highest BCUT2D eigenvalue weighted by molar-refractivity contribution is 6.01. The number of carbonyl (C=O) groups is 1. The maximum atomic E-state index is 12.3. The molecule has 0 unspecified atom stereocenters. The van der Waals surface area contributed by atoms with Gasteiger partial charge in [0.2, 0.25) is 0 Å². The van der Waals surface area contributed by atoms with E-state index in [1.54, 1.807) is 11.9 Å². The van der Waals surface area contributed by atoms with Crippen molar-refractivity contribution in [2.45, 2.75) is 12.8 Å². The Balaban J connectivity index is 1.75. The lowest BCUT2D eigenvalue weighted by atomic mass is 10.1. The Morgan fingerprint density at radius 1 is 1.19 bits per heavy atom. The molecular formula is C17H18N2O2. The lowest BCUT2D eigenvalue weighted by molar-refractivity contribution is 0.258. The first-order valence-corrected chi connectivity index (χ1v) is 7.09. The smallest absolute Gasteiger partial charge is 0.326 e. The molecule has 21 heavy (non-hydrogen) atoms. The third-order valence-electron chi connectivity index (χ3n) is 3.61. The lowest BCUT2D eigenvalue weighted by Crippen LogP contribution is -2.31. The van der Waals surface area contributed by atoms with Gasteiger partial charge in [-0.2, -0.15) is 0 Å². The largest absolute Gasteiger partial charge is 0.493 e. The molecule has 1 aliphatic heterocycles. The van der Waals surface area contributed by atoms with Crippen molar-refractivity contribution in [3.63, 3.8) is 0 Å². The number of amides is 2. The zero-order valence-corrected chi connectivity index (χ0v) is 12.0. The predicted octanol–water partition coefficient (Wildman–Crippen LogP) is 3.68. The van der Waals surface area contributed by atoms with Gasteiger partial charge < -0.3 is 10.1 Å². The minimum absolute atomic E-state index is 0.155. The topological polar surface area (TPSA) is 41.6 Å². The van der Waals surface area contributed by atoms with Crippen molar-refractivity contribution in [2.24, 2.45) is 0 Å². The SMILES string of the molecule is CN(C(=O)Nc1ccccc1)c1ccc2c(c1)CCCO2. The summed E-state index contributed by atoms with van der Waals surface area (Å²) in [4.78, 5) is 13.9. The van der Waals surface area contributed by atoms with Crippen LogP contribution in [-0.4, -0.2) is 19.7 Å². The van der Waals surface area contributed by atoms with Crippen molar-refractivity contribution in [2.75, 3.05) is 23.9 Å². The fraction of sp³-hybridized carbons (Fsp3) is 0.235. The van der Waals surface area contributed by atoms with E-state index >= 15 is 0 Å². The van der Waals surface area contributed by atoms with Gasteiger partial charge in [-0.15, -0.1) is 0 Å². The molecule has 4 nitrogen and oxygen atoms in total. The molecule has 2 aromatic rings. The van der Waals surface area contributed by atoms with Crippen molar-refractivity contribution in [3.8, 4) is 5.75 Å². The molecule has 0 spiro atoms. The van der Waals surface area contributed by atoms with Crippen molar-refractivity contribution < 1.29 is 9.53 Å². The molecule has 2 amide bonds. The molecule has 0 fully saturated rings. The maximum absolute atomic E-state index is 12.3. The summed E-state index contributed by atoms with van der Waals surface area (Å²) < 4.78 is 5.60. The number of para-hydroxylation sites is 1. The molecule has 0 saturated heterocycles. The molecule has 0 atom stereocenters. The van der Waals surface area contributed by atoms with E-state index in [-0.39, 0.29) is 6.03 Å². The summed E-state index contributed by atoms with van der Waals surface area (Å²) >= 11 is 0. The molecule has 0 aromatic heterocycles. The summed E-state index contributed by atoms with van der Waals surface area (Å²) in [6.07, 6.45) is 2.02. The van der Waals surface area contributed by atoms with E-state index in [1.165, 1.54) is 0 Å². The van der Waals surface area contributed by atoms with Gasteiger partial charge in [-0.05, 0) is 48.7 Å². The van der Waals surface area contributed by atoms with E-state index in [4.69, 9.17) is 4.74 Å². The van der Waals surface area contributed by atoms with E-state index in [0.717, 1.165) is 42.1 Å². The van der Waals surface area contributed by atoms with Gasteiger partial charge in [0.1, 0.15) is 5.75 Å². The fourth-order valence-corrected chi connectivity index (χ4v) is 2.40. The standard InChI is InChI=1S/C17H18N2O2/c1-19(17(20)18-14-7-3-2-4-8-14)15-9-10-16-13(12-15)6-5-11-21-16/h2-4,7-10,12H,5-6,11H2,1H3,(H,18,20). The summed E-state index contributed by atoms with van der Waals surface area (Å²) in [5, 5.41) is 2.88. The third-order valence-corrected chi connectivity index (χ3v) is 3.61. The van der Waals surface area contributed by atoms with Gasteiger partial charge in [0.05, 0.1) is 6.61 Å². The van der Waals surface area contributed by atoms with Gasteiger partial charge >= 0.3 is 6.03 Å². The quantitative estimate of drug-likeness (QED) is 0.913. The Bertz CT molecular complexity index is 640. The number of fused-ring (bicyclic) bond motifs is 1. The van der Waals surface area contributed by atoms with E-state index in [0.29, 0.717) is 0 Å². The van der Waals surface area contributed by atoms with Crippen LogP contribution < -0.4 is 15.0 Å². The van der Waals surface area contributed by atoms with Crippen LogP contribution in [0.5, 0.6) is 5.75 Å². The molecule has 0 aliphatic carbocycles. The highest BCUT2D eigenvalue weighted by Crippen LogP contribution is 2.29. The first-order chi connectivity index (χ1) is 10.2. The molecule has 3 rings (SSSR count). The van der Waals surface area contributed by atoms with Crippen LogP contribution in [0.1, 0.15) is 12.0 Å². The number of anilines is 2. The number of rotatable bonds is 2. The first-order valence-electron chi connectivity index (χ1n) is 7.09. The number of carbonyl (C=O) groups excluding carboxylic acids is 1. The van der Waals surface area contributed by atoms with E-state index in [1.807, 2.05) is 48.5 Å². The second-order valence-electron chi connectivity index (χ2n) is 5.10. The van der Waals surface area contributed by atoms with Gasteiger partial charge in [0, 0.05) is 18.4 Å². The minimum atomic E-state index is -0.155. The van der Waals surface area contributed by atoms with Crippen LogP contribution in [0, 0.1) is 0 Å². The maximum Gasteiger partial charge on any atom is 0.326 e. The van der Waals surface area contributed by atoms with E-state index in [9.17, 15) is 4.79 Å². The number of aryl methyl sites for hydroxylation is 1. The average molecular weight is 282 g/mol. The molecule has 1 aliphatic rings. The second kappa shape index (κ2) is 5.87. The average Bonchev–Trinajstić information content (AvgIpc) is 2.54. The molecule has 2 aromatic carbocycles. The van der Waals surface area contributed by atoms with Crippen LogP contribution in [-0.2, 0) is 6.42 Å². The Hall–Kier alpha value is -2.49. The van der Waals surface area contributed by atoms with Crippen molar-refractivity contribution >= 4 is 17.4 Å². The van der Waals surface area contributed by atoms with Crippen LogP contribution in [0.3, 0.4) is 0 Å². The summed E-state index contributed by atoms with van der Waals surface area (Å²) in [5.41, 5.74) is 2.82. The highest BCUT2D eigenvalue weighted by atomic mass is 16.5. The fourth-order valence-electron chi connectivity index (χ4n) is 2.40. The van der Waals surface area contributed by atoms with E-state index in [2.05, 4.69) is 5.32 Å². The summed E-state index contributed by atoms with van der Waals surface area (Å²) in [6, 6.07) is 15.2. The molecule has 108 valence electrons. The Kier molecular flexibility index (Phi) is 3.77. The third kappa shape index (κ3) is 2.99. The van der Waals surface area contributed by atoms with Crippen LogP contribution in [0.25, 0.3) is 0 Å². The highest BCUT2D eigenvalue weighted by Gasteiger charge is 2.15. The van der Waals surface area contributed by atoms with E-state index < -0.39 is 0 Å². The molecule has 0 saturated carbocycles. The van der Waals surface area contributed by atoms with Gasteiger partial charge in [0.25, 0.3) is 0 Å². The Labute approximate surface area is 124 Å². The number of urea groups is 1. The predicted molar refractivity (Wildman–Crippen MR) is 84.1 cm³/mol. The van der Waals surface area contributed by atoms with Crippen molar-refractivity contribution in [3.05, 3.63) is 54.1 Å². The van der Waals surface area contributed by atoms with Crippen molar-refractivity contribution in [1.29, 1.82) is 0 Å². The zero-order chi connectivity index (χ0) is 14.7. The molecule has 1 heterocycles. The number of nitrogens with zero attached hydrogens (tertiary/aromatic N) is 1. The summed E-state index contributed by atoms with van der Waals surface area (Å²) in [6.45, 7) is 0.774. The number of ether oxygens (including phenoxy) is 1. The van der Waals surface area contributed by atoms with Gasteiger partial charge in [-0.1, -0.05) is 18.2 Å². The first kappa shape index (κ1) is 13.5. The molecule has 4 heteroatoms. The number of nitrogens with one attached hydrogen (secondary N) is 1. The lowest BCUT2D eigenvalue weighted by Gasteiger charge is -2.22. The van der Waals surface area contributed by atoms with Crippen LogP contribution in [0.4, 0.5) is 16.2 Å². The van der Waals surface area contributed by atoms with Gasteiger partial charge in [-0.25, -0.2) is 4.79 Å². The molecule has 0 bridgehead atoms. The van der Waals surface area contributed by atoms with Crippen molar-refractivity contribution in [1.82, 2.24) is 0 Å². The minimum Gasteiger partial charge on any atom is -0.493 e. The normalized spacial score (nSPS) is 13.0. The number of benzene rings is 2. The Morgan fingerprint density at radius 3 is 2.81 bits per heavy atom. The summed E-state index contributed by atoms with van der Waals surface area (Å²) in [5.74, 6) is 0.932. The van der Waals surface area contributed by atoms with Crippen LogP contribution >= 0.6 is 0 Å². The van der Waals surface area contributed by atoms with Crippen LogP contribution in [0.2, 0.25) is 0 Å². The number of hydrogen-bond acceptors (Lipinski definition) is 2. The second-order valence-corrected chi connectivity index (χ2v) is 5.10. The molecular weight excluding hydrogens is 264 g/mol. The van der Waals surface area contributed by atoms with Crippen LogP contribution in [0.15, 0.2) is 48.5 Å². The summed E-state index contributed by atoms with van der Waals surface area (Å²) in [7, 11) is 1.77. The molecule has 1 N–H and O–H groups in total.